The summed E-state index contributed by atoms with van der Waals surface area (Å²) in [5.41, 5.74) is 0. The Balaban J connectivity index is 1.55. The molecule has 0 aromatic rings. The zero-order valence-electron chi connectivity index (χ0n) is 11.5. The summed E-state index contributed by atoms with van der Waals surface area (Å²) >= 11 is 0. The number of carboxylic acids is 1. The van der Waals surface area contributed by atoms with Crippen molar-refractivity contribution in [2.75, 3.05) is 13.1 Å². The molecule has 1 aliphatic heterocycles. The first-order valence-electron chi connectivity index (χ1n) is 7.55. The van der Waals surface area contributed by atoms with Crippen molar-refractivity contribution >= 4 is 11.9 Å². The number of fused-ring (bicyclic) bond motifs is 2. The lowest BCUT2D eigenvalue weighted by molar-refractivity contribution is -0.142. The number of carbonyl (C=O) groups excluding carboxylic acids is 1. The van der Waals surface area contributed by atoms with E-state index in [2.05, 4.69) is 0 Å². The van der Waals surface area contributed by atoms with Crippen LogP contribution in [0.3, 0.4) is 0 Å². The van der Waals surface area contributed by atoms with Crippen LogP contribution < -0.4 is 0 Å². The van der Waals surface area contributed by atoms with Gasteiger partial charge in [0.2, 0.25) is 5.91 Å². The third kappa shape index (κ3) is 2.37. The molecule has 4 heteroatoms. The molecule has 1 heterocycles. The summed E-state index contributed by atoms with van der Waals surface area (Å²) in [7, 11) is 0. The normalized spacial score (nSPS) is 40.9. The van der Waals surface area contributed by atoms with Crippen LogP contribution in [0.5, 0.6) is 0 Å². The summed E-state index contributed by atoms with van der Waals surface area (Å²) < 4.78 is 0. The molecule has 0 spiro atoms. The summed E-state index contributed by atoms with van der Waals surface area (Å²) in [5, 5.41) is 9.12. The minimum atomic E-state index is -0.761. The zero-order chi connectivity index (χ0) is 13.6. The van der Waals surface area contributed by atoms with Crippen molar-refractivity contribution in [2.24, 2.45) is 29.6 Å². The van der Waals surface area contributed by atoms with Crippen molar-refractivity contribution in [1.29, 1.82) is 0 Å². The van der Waals surface area contributed by atoms with Crippen LogP contribution >= 0.6 is 0 Å². The Morgan fingerprint density at radius 1 is 1.21 bits per heavy atom. The minimum Gasteiger partial charge on any atom is -0.481 e. The minimum absolute atomic E-state index is 0.0847. The van der Waals surface area contributed by atoms with Crippen molar-refractivity contribution in [2.45, 2.75) is 39.0 Å². The van der Waals surface area contributed by atoms with Gasteiger partial charge in [0.1, 0.15) is 0 Å². The quantitative estimate of drug-likeness (QED) is 0.849. The van der Waals surface area contributed by atoms with Crippen LogP contribution in [0.25, 0.3) is 0 Å². The van der Waals surface area contributed by atoms with Crippen LogP contribution in [0.4, 0.5) is 0 Å². The molecule has 106 valence electrons. The third-order valence-corrected chi connectivity index (χ3v) is 5.60. The number of hydrogen-bond donors (Lipinski definition) is 1. The van der Waals surface area contributed by atoms with Gasteiger partial charge in [-0.2, -0.15) is 0 Å². The van der Waals surface area contributed by atoms with Gasteiger partial charge in [0.25, 0.3) is 0 Å². The van der Waals surface area contributed by atoms with E-state index in [0.717, 1.165) is 11.8 Å². The van der Waals surface area contributed by atoms with Crippen LogP contribution in [0.1, 0.15) is 39.0 Å². The van der Waals surface area contributed by atoms with Gasteiger partial charge in [-0.1, -0.05) is 13.3 Å². The van der Waals surface area contributed by atoms with Crippen molar-refractivity contribution in [3.8, 4) is 0 Å². The van der Waals surface area contributed by atoms with Gasteiger partial charge in [0, 0.05) is 19.5 Å². The van der Waals surface area contributed by atoms with Crippen LogP contribution in [0.2, 0.25) is 0 Å². The molecule has 1 N–H and O–H groups in total. The highest BCUT2D eigenvalue weighted by Crippen LogP contribution is 2.49. The van der Waals surface area contributed by atoms with Gasteiger partial charge in [0.05, 0.1) is 5.92 Å². The molecule has 3 aliphatic rings. The first-order valence-corrected chi connectivity index (χ1v) is 7.55. The molecule has 0 aromatic carbocycles. The van der Waals surface area contributed by atoms with E-state index >= 15 is 0 Å². The van der Waals surface area contributed by atoms with E-state index in [1.807, 2.05) is 6.92 Å². The molecule has 2 saturated carbocycles. The van der Waals surface area contributed by atoms with Gasteiger partial charge in [-0.15, -0.1) is 0 Å². The number of likely N-dealkylation sites (tertiary alicyclic amines) is 1. The fourth-order valence-corrected chi connectivity index (χ4v) is 4.47. The van der Waals surface area contributed by atoms with Gasteiger partial charge in [-0.05, 0) is 42.9 Å². The summed E-state index contributed by atoms with van der Waals surface area (Å²) in [5.74, 6) is 1.35. The first-order chi connectivity index (χ1) is 9.04. The Labute approximate surface area is 114 Å². The van der Waals surface area contributed by atoms with E-state index in [4.69, 9.17) is 5.11 Å². The molecule has 1 saturated heterocycles. The highest BCUT2D eigenvalue weighted by atomic mass is 16.4. The molecule has 1 amide bonds. The van der Waals surface area contributed by atoms with Crippen LogP contribution in [-0.4, -0.2) is 35.0 Å². The Hall–Kier alpha value is -1.06. The molecule has 5 unspecified atom stereocenters. The van der Waals surface area contributed by atoms with Crippen LogP contribution in [0, 0.1) is 29.6 Å². The van der Waals surface area contributed by atoms with Gasteiger partial charge < -0.3 is 10.0 Å². The monoisotopic (exact) mass is 265 g/mol. The standard InChI is InChI=1S/C15H23NO3/c1-9-7-16(8-13(9)15(18)19)14(17)6-12-5-10-2-3-11(12)4-10/h9-13H,2-8H2,1H3,(H,18,19). The third-order valence-electron chi connectivity index (χ3n) is 5.60. The molecule has 3 fully saturated rings. The maximum absolute atomic E-state index is 12.3. The predicted molar refractivity (Wildman–Crippen MR) is 70.4 cm³/mol. The average Bonchev–Trinajstić information content (AvgIpc) is 3.02. The smallest absolute Gasteiger partial charge is 0.308 e. The lowest BCUT2D eigenvalue weighted by Gasteiger charge is -2.24. The SMILES string of the molecule is CC1CN(C(=O)CC2CC3CCC2C3)CC1C(=O)O. The second-order valence-corrected chi connectivity index (χ2v) is 6.86. The number of rotatable bonds is 3. The number of carbonyl (C=O) groups is 2. The Morgan fingerprint density at radius 2 is 2.00 bits per heavy atom. The average molecular weight is 265 g/mol. The molecule has 0 aromatic heterocycles. The lowest BCUT2D eigenvalue weighted by Crippen LogP contribution is -2.32. The maximum Gasteiger partial charge on any atom is 0.308 e. The largest absolute Gasteiger partial charge is 0.481 e. The van der Waals surface area contributed by atoms with Crippen molar-refractivity contribution < 1.29 is 14.7 Å². The fourth-order valence-electron chi connectivity index (χ4n) is 4.47. The summed E-state index contributed by atoms with van der Waals surface area (Å²) in [4.78, 5) is 25.2. The highest BCUT2D eigenvalue weighted by molar-refractivity contribution is 5.79. The second-order valence-electron chi connectivity index (χ2n) is 6.86. The highest BCUT2D eigenvalue weighted by Gasteiger charge is 2.42. The van der Waals surface area contributed by atoms with E-state index in [9.17, 15) is 9.59 Å². The molecular weight excluding hydrogens is 242 g/mol. The fraction of sp³-hybridized carbons (Fsp3) is 0.867. The van der Waals surface area contributed by atoms with Crippen LogP contribution in [0.15, 0.2) is 0 Å². The van der Waals surface area contributed by atoms with Crippen LogP contribution in [-0.2, 0) is 9.59 Å². The van der Waals surface area contributed by atoms with Crippen molar-refractivity contribution in [1.82, 2.24) is 4.90 Å². The number of aliphatic carboxylic acids is 1. The van der Waals surface area contributed by atoms with Gasteiger partial charge >= 0.3 is 5.97 Å². The Morgan fingerprint density at radius 3 is 2.53 bits per heavy atom. The Kier molecular flexibility index (Phi) is 3.27. The summed E-state index contributed by atoms with van der Waals surface area (Å²) in [6.45, 7) is 2.97. The maximum atomic E-state index is 12.3. The van der Waals surface area contributed by atoms with E-state index in [-0.39, 0.29) is 17.7 Å². The molecule has 0 radical (unpaired) electrons. The number of carboxylic acid groups (broad SMARTS) is 1. The molecule has 19 heavy (non-hydrogen) atoms. The molecule has 5 atom stereocenters. The number of nitrogens with zero attached hydrogens (tertiary/aromatic N) is 1. The number of amides is 1. The summed E-state index contributed by atoms with van der Waals surface area (Å²) in [6, 6.07) is 0. The topological polar surface area (TPSA) is 57.6 Å². The van der Waals surface area contributed by atoms with E-state index < -0.39 is 5.97 Å². The van der Waals surface area contributed by atoms with Gasteiger partial charge in [-0.3, -0.25) is 9.59 Å². The van der Waals surface area contributed by atoms with Crippen molar-refractivity contribution in [3.63, 3.8) is 0 Å². The van der Waals surface area contributed by atoms with E-state index in [1.165, 1.54) is 25.7 Å². The molecule has 3 rings (SSSR count). The van der Waals surface area contributed by atoms with Crippen molar-refractivity contribution in [3.05, 3.63) is 0 Å². The lowest BCUT2D eigenvalue weighted by atomic mass is 9.86. The predicted octanol–water partition coefficient (Wildman–Crippen LogP) is 1.99. The van der Waals surface area contributed by atoms with E-state index in [0.29, 0.717) is 25.4 Å². The first kappa shape index (κ1) is 12.9. The molecule has 2 aliphatic carbocycles. The molecular formula is C15H23NO3. The molecule has 2 bridgehead atoms. The zero-order valence-corrected chi connectivity index (χ0v) is 11.5. The summed E-state index contributed by atoms with van der Waals surface area (Å²) in [6.07, 6.45) is 5.86. The Bertz CT molecular complexity index is 395. The molecule has 4 nitrogen and oxygen atoms in total. The van der Waals surface area contributed by atoms with Gasteiger partial charge in [0.15, 0.2) is 0 Å². The van der Waals surface area contributed by atoms with E-state index in [1.54, 1.807) is 4.90 Å². The second kappa shape index (κ2) is 4.80. The number of hydrogen-bond acceptors (Lipinski definition) is 2. The van der Waals surface area contributed by atoms with Gasteiger partial charge in [-0.25, -0.2) is 0 Å².